The Hall–Kier alpha value is -1.32. The van der Waals surface area contributed by atoms with E-state index in [-0.39, 0.29) is 0 Å². The molecule has 0 saturated carbocycles. The molecule has 21 heavy (non-hydrogen) atoms. The van der Waals surface area contributed by atoms with Crippen molar-refractivity contribution in [3.05, 3.63) is 63.6 Å². The SMILES string of the molecule is CN(C)Cc1ccc(NC2CCc3cc(Br)ccc32)cc1. The van der Waals surface area contributed by atoms with Crippen molar-refractivity contribution in [2.24, 2.45) is 0 Å². The van der Waals surface area contributed by atoms with Gasteiger partial charge in [0, 0.05) is 16.7 Å². The van der Waals surface area contributed by atoms with Crippen molar-refractivity contribution in [2.75, 3.05) is 19.4 Å². The molecule has 0 aliphatic heterocycles. The van der Waals surface area contributed by atoms with Crippen LogP contribution in [0.2, 0.25) is 0 Å². The molecule has 0 heterocycles. The molecule has 1 unspecified atom stereocenters. The molecule has 110 valence electrons. The molecule has 3 heteroatoms. The standard InChI is InChI=1S/C18H21BrN2/c1-21(2)12-13-3-7-16(8-4-13)20-18-10-5-14-11-15(19)6-9-17(14)18/h3-4,6-9,11,18,20H,5,10,12H2,1-2H3. The summed E-state index contributed by atoms with van der Waals surface area (Å²) in [5.74, 6) is 0. The Morgan fingerprint density at radius 3 is 2.62 bits per heavy atom. The van der Waals surface area contributed by atoms with Crippen LogP contribution in [0, 0.1) is 0 Å². The molecule has 1 aliphatic rings. The highest BCUT2D eigenvalue weighted by atomic mass is 79.9. The zero-order chi connectivity index (χ0) is 14.8. The molecule has 0 amide bonds. The zero-order valence-corrected chi connectivity index (χ0v) is 14.2. The van der Waals surface area contributed by atoms with E-state index in [0.717, 1.165) is 13.0 Å². The predicted molar refractivity (Wildman–Crippen MR) is 92.7 cm³/mol. The lowest BCUT2D eigenvalue weighted by Crippen LogP contribution is -2.11. The molecule has 3 rings (SSSR count). The summed E-state index contributed by atoms with van der Waals surface area (Å²) in [6.07, 6.45) is 2.33. The van der Waals surface area contributed by atoms with Gasteiger partial charge in [0.2, 0.25) is 0 Å². The summed E-state index contributed by atoms with van der Waals surface area (Å²) >= 11 is 3.55. The topological polar surface area (TPSA) is 15.3 Å². The Bertz CT molecular complexity index is 620. The summed E-state index contributed by atoms with van der Waals surface area (Å²) in [7, 11) is 4.19. The van der Waals surface area contributed by atoms with Crippen LogP contribution in [0.3, 0.4) is 0 Å². The summed E-state index contributed by atoms with van der Waals surface area (Å²) in [5, 5.41) is 3.67. The van der Waals surface area contributed by atoms with Gasteiger partial charge in [-0.25, -0.2) is 0 Å². The average Bonchev–Trinajstić information content (AvgIpc) is 2.83. The van der Waals surface area contributed by atoms with Gasteiger partial charge in [0.15, 0.2) is 0 Å². The number of nitrogens with zero attached hydrogens (tertiary/aromatic N) is 1. The van der Waals surface area contributed by atoms with Gasteiger partial charge < -0.3 is 10.2 Å². The minimum absolute atomic E-state index is 0.438. The summed E-state index contributed by atoms with van der Waals surface area (Å²) in [6, 6.07) is 15.9. The second-order valence-corrected chi connectivity index (χ2v) is 6.93. The first-order chi connectivity index (χ1) is 10.1. The number of hydrogen-bond acceptors (Lipinski definition) is 2. The molecular weight excluding hydrogens is 324 g/mol. The number of rotatable bonds is 4. The van der Waals surface area contributed by atoms with Crippen LogP contribution in [0.25, 0.3) is 0 Å². The fourth-order valence-electron chi connectivity index (χ4n) is 3.01. The highest BCUT2D eigenvalue weighted by Crippen LogP contribution is 2.35. The van der Waals surface area contributed by atoms with Crippen LogP contribution in [-0.2, 0) is 13.0 Å². The molecule has 0 saturated heterocycles. The minimum Gasteiger partial charge on any atom is -0.378 e. The third-order valence-electron chi connectivity index (χ3n) is 3.98. The smallest absolute Gasteiger partial charge is 0.0519 e. The summed E-state index contributed by atoms with van der Waals surface area (Å²) in [4.78, 5) is 2.19. The van der Waals surface area contributed by atoms with Crippen molar-refractivity contribution in [3.63, 3.8) is 0 Å². The van der Waals surface area contributed by atoms with Crippen molar-refractivity contribution < 1.29 is 0 Å². The first-order valence-corrected chi connectivity index (χ1v) is 8.19. The number of halogens is 1. The number of fused-ring (bicyclic) bond motifs is 1. The van der Waals surface area contributed by atoms with Gasteiger partial charge in [-0.3, -0.25) is 0 Å². The maximum atomic E-state index is 3.67. The Morgan fingerprint density at radius 1 is 1.14 bits per heavy atom. The van der Waals surface area contributed by atoms with Gasteiger partial charge in [0.05, 0.1) is 6.04 Å². The molecule has 0 radical (unpaired) electrons. The van der Waals surface area contributed by atoms with E-state index >= 15 is 0 Å². The number of anilines is 1. The zero-order valence-electron chi connectivity index (χ0n) is 12.6. The van der Waals surface area contributed by atoms with E-state index < -0.39 is 0 Å². The van der Waals surface area contributed by atoms with Crippen LogP contribution in [0.5, 0.6) is 0 Å². The highest BCUT2D eigenvalue weighted by molar-refractivity contribution is 9.10. The average molecular weight is 345 g/mol. The van der Waals surface area contributed by atoms with E-state index in [1.54, 1.807) is 0 Å². The highest BCUT2D eigenvalue weighted by Gasteiger charge is 2.22. The lowest BCUT2D eigenvalue weighted by Gasteiger charge is -2.16. The molecule has 2 nitrogen and oxygen atoms in total. The Labute approximate surface area is 135 Å². The van der Waals surface area contributed by atoms with Gasteiger partial charge in [-0.15, -0.1) is 0 Å². The maximum Gasteiger partial charge on any atom is 0.0519 e. The predicted octanol–water partition coefficient (Wildman–Crippen LogP) is 4.61. The Kier molecular flexibility index (Phi) is 4.32. The second kappa shape index (κ2) is 6.20. The van der Waals surface area contributed by atoms with Crippen LogP contribution >= 0.6 is 15.9 Å². The van der Waals surface area contributed by atoms with E-state index in [1.807, 2.05) is 0 Å². The molecule has 0 bridgehead atoms. The summed E-state index contributed by atoms with van der Waals surface area (Å²) in [6.45, 7) is 0.987. The molecule has 2 aromatic rings. The van der Waals surface area contributed by atoms with Gasteiger partial charge in [-0.2, -0.15) is 0 Å². The van der Waals surface area contributed by atoms with Gasteiger partial charge in [0.1, 0.15) is 0 Å². The largest absolute Gasteiger partial charge is 0.378 e. The third kappa shape index (κ3) is 3.47. The number of benzene rings is 2. The van der Waals surface area contributed by atoms with Crippen molar-refractivity contribution in [1.29, 1.82) is 0 Å². The van der Waals surface area contributed by atoms with E-state index in [0.29, 0.717) is 6.04 Å². The van der Waals surface area contributed by atoms with Crippen LogP contribution in [0.1, 0.15) is 29.2 Å². The monoisotopic (exact) mass is 344 g/mol. The fraction of sp³-hybridized carbons (Fsp3) is 0.333. The third-order valence-corrected chi connectivity index (χ3v) is 4.47. The lowest BCUT2D eigenvalue weighted by molar-refractivity contribution is 0.402. The minimum atomic E-state index is 0.438. The Morgan fingerprint density at radius 2 is 1.90 bits per heavy atom. The lowest BCUT2D eigenvalue weighted by atomic mass is 10.1. The van der Waals surface area contributed by atoms with Crippen LogP contribution in [0.15, 0.2) is 46.9 Å². The van der Waals surface area contributed by atoms with Gasteiger partial charge in [0.25, 0.3) is 0 Å². The van der Waals surface area contributed by atoms with E-state index in [1.165, 1.54) is 33.3 Å². The molecule has 1 aliphatic carbocycles. The number of hydrogen-bond donors (Lipinski definition) is 1. The van der Waals surface area contributed by atoms with Gasteiger partial charge in [-0.1, -0.05) is 34.1 Å². The molecular formula is C18H21BrN2. The quantitative estimate of drug-likeness (QED) is 0.871. The molecule has 0 aromatic heterocycles. The van der Waals surface area contributed by atoms with Crippen molar-refractivity contribution in [3.8, 4) is 0 Å². The normalized spacial score (nSPS) is 17.0. The van der Waals surface area contributed by atoms with Crippen molar-refractivity contribution >= 4 is 21.6 Å². The maximum absolute atomic E-state index is 3.67. The van der Waals surface area contributed by atoms with Crippen molar-refractivity contribution in [2.45, 2.75) is 25.4 Å². The molecule has 1 atom stereocenters. The fourth-order valence-corrected chi connectivity index (χ4v) is 3.42. The molecule has 0 spiro atoms. The van der Waals surface area contributed by atoms with Crippen LogP contribution < -0.4 is 5.32 Å². The van der Waals surface area contributed by atoms with Gasteiger partial charge in [-0.05, 0) is 67.9 Å². The van der Waals surface area contributed by atoms with Crippen molar-refractivity contribution in [1.82, 2.24) is 4.90 Å². The van der Waals surface area contributed by atoms with Crippen LogP contribution in [-0.4, -0.2) is 19.0 Å². The first kappa shape index (κ1) is 14.6. The van der Waals surface area contributed by atoms with Crippen LogP contribution in [0.4, 0.5) is 5.69 Å². The van der Waals surface area contributed by atoms with E-state index in [9.17, 15) is 0 Å². The number of nitrogens with one attached hydrogen (secondary N) is 1. The van der Waals surface area contributed by atoms with E-state index in [4.69, 9.17) is 0 Å². The summed E-state index contributed by atoms with van der Waals surface area (Å²) in [5.41, 5.74) is 5.46. The second-order valence-electron chi connectivity index (χ2n) is 6.01. The molecule has 1 N–H and O–H groups in total. The first-order valence-electron chi connectivity index (χ1n) is 7.40. The number of aryl methyl sites for hydroxylation is 1. The molecule has 0 fully saturated rings. The van der Waals surface area contributed by atoms with Gasteiger partial charge >= 0.3 is 0 Å². The summed E-state index contributed by atoms with van der Waals surface area (Å²) < 4.78 is 1.18. The molecule has 2 aromatic carbocycles. The Balaban J connectivity index is 1.71. The van der Waals surface area contributed by atoms with E-state index in [2.05, 4.69) is 82.7 Å².